The van der Waals surface area contributed by atoms with Gasteiger partial charge >= 0.3 is 0 Å². The number of carbonyl (C=O) groups is 2. The van der Waals surface area contributed by atoms with Gasteiger partial charge in [-0.15, -0.1) is 0 Å². The van der Waals surface area contributed by atoms with Gasteiger partial charge in [0.1, 0.15) is 6.33 Å². The number of nitrogens with zero attached hydrogens (tertiary/aromatic N) is 3. The quantitative estimate of drug-likeness (QED) is 0.330. The molecule has 0 spiro atoms. The van der Waals surface area contributed by atoms with E-state index in [1.54, 1.807) is 6.33 Å². The number of hydrogen-bond acceptors (Lipinski definition) is 5. The molecule has 8 nitrogen and oxygen atoms in total. The van der Waals surface area contributed by atoms with Gasteiger partial charge in [0.15, 0.2) is 5.82 Å². The Morgan fingerprint density at radius 2 is 1.65 bits per heavy atom. The van der Waals surface area contributed by atoms with Crippen LogP contribution in [0.3, 0.4) is 0 Å². The van der Waals surface area contributed by atoms with Gasteiger partial charge in [-0.3, -0.25) is 14.7 Å². The number of aromatic amines is 1. The normalized spacial score (nSPS) is 24.0. The van der Waals surface area contributed by atoms with Crippen LogP contribution >= 0.6 is 11.6 Å². The zero-order chi connectivity index (χ0) is 30.5. The van der Waals surface area contributed by atoms with Gasteiger partial charge in [0, 0.05) is 42.0 Å². The topological polar surface area (TPSA) is 103 Å². The summed E-state index contributed by atoms with van der Waals surface area (Å²) in [6.07, 6.45) is 15.5. The van der Waals surface area contributed by atoms with Crippen LogP contribution in [-0.2, 0) is 22.4 Å². The Kier molecular flexibility index (Phi) is 10.5. The lowest BCUT2D eigenvalue weighted by molar-refractivity contribution is -0.137. The molecule has 43 heavy (non-hydrogen) atoms. The molecule has 0 bridgehead atoms. The Labute approximate surface area is 262 Å². The smallest absolute Gasteiger partial charge is 0.240 e. The first-order chi connectivity index (χ1) is 20.6. The van der Waals surface area contributed by atoms with Gasteiger partial charge in [-0.1, -0.05) is 63.8 Å². The highest BCUT2D eigenvalue weighted by atomic mass is 35.5. The number of piperidine rings is 1. The van der Waals surface area contributed by atoms with E-state index in [1.165, 1.54) is 32.1 Å². The summed E-state index contributed by atoms with van der Waals surface area (Å²) in [5.41, 5.74) is 0.886. The number of carbonyl (C=O) groups excluding carboxylic acids is 2. The van der Waals surface area contributed by atoms with Crippen molar-refractivity contribution in [3.63, 3.8) is 0 Å². The Balaban J connectivity index is 1.24. The molecule has 1 aliphatic heterocycles. The average Bonchev–Trinajstić information content (AvgIpc) is 3.52. The minimum absolute atomic E-state index is 0.108. The fourth-order valence-electron chi connectivity index (χ4n) is 7.64. The van der Waals surface area contributed by atoms with Crippen LogP contribution in [-0.4, -0.2) is 63.1 Å². The van der Waals surface area contributed by atoms with Crippen LogP contribution < -0.4 is 10.6 Å². The number of likely N-dealkylation sites (tertiary alicyclic amines) is 1. The van der Waals surface area contributed by atoms with Gasteiger partial charge in [-0.2, -0.15) is 5.10 Å². The molecule has 2 saturated carbocycles. The minimum atomic E-state index is -0.386. The van der Waals surface area contributed by atoms with Gasteiger partial charge in [0.25, 0.3) is 0 Å². The molecule has 2 aliphatic carbocycles. The lowest BCUT2D eigenvalue weighted by Crippen LogP contribution is -2.56. The molecule has 1 aromatic carbocycles. The Bertz CT molecular complexity index is 1170. The summed E-state index contributed by atoms with van der Waals surface area (Å²) in [5.74, 6) is 1.89. The third-order valence-corrected chi connectivity index (χ3v) is 10.6. The monoisotopic (exact) mass is 610 g/mol. The van der Waals surface area contributed by atoms with E-state index in [0.717, 1.165) is 69.4 Å². The average molecular weight is 611 g/mol. The second-order valence-corrected chi connectivity index (χ2v) is 14.9. The number of nitrogens with one attached hydrogen (secondary N) is 3. The highest BCUT2D eigenvalue weighted by Gasteiger charge is 2.44. The maximum absolute atomic E-state index is 14.2. The SMILES string of the molecule is CC(C)(C)C(=O)NC1CCC(N[C@H](Cc2ccc(Cl)cc2)C(=O)N2CCC(Cc3nc[nH]n3)(C3CCCCC3)CC2)CC1. The number of amides is 2. The molecule has 2 heterocycles. The molecular formula is C34H51ClN6O2. The number of rotatable bonds is 9. The van der Waals surface area contributed by atoms with Crippen molar-refractivity contribution in [3.8, 4) is 0 Å². The summed E-state index contributed by atoms with van der Waals surface area (Å²) in [7, 11) is 0. The molecule has 2 amide bonds. The molecule has 3 fully saturated rings. The van der Waals surface area contributed by atoms with Crippen molar-refractivity contribution < 1.29 is 9.59 Å². The summed E-state index contributed by atoms with van der Waals surface area (Å²) in [4.78, 5) is 33.3. The summed E-state index contributed by atoms with van der Waals surface area (Å²) >= 11 is 6.18. The van der Waals surface area contributed by atoms with Crippen LogP contribution in [0.5, 0.6) is 0 Å². The molecule has 3 aliphatic rings. The van der Waals surface area contributed by atoms with Crippen LogP contribution in [0.4, 0.5) is 0 Å². The van der Waals surface area contributed by atoms with E-state index in [2.05, 4.69) is 30.7 Å². The maximum atomic E-state index is 14.2. The van der Waals surface area contributed by atoms with Crippen molar-refractivity contribution in [1.82, 2.24) is 30.7 Å². The highest BCUT2D eigenvalue weighted by Crippen LogP contribution is 2.47. The van der Waals surface area contributed by atoms with Crippen molar-refractivity contribution in [1.29, 1.82) is 0 Å². The predicted octanol–water partition coefficient (Wildman–Crippen LogP) is 5.86. The summed E-state index contributed by atoms with van der Waals surface area (Å²) in [6.45, 7) is 7.43. The zero-order valence-electron chi connectivity index (χ0n) is 26.3. The van der Waals surface area contributed by atoms with Gasteiger partial charge in [-0.05, 0) is 86.8 Å². The summed E-state index contributed by atoms with van der Waals surface area (Å²) in [5, 5.41) is 15.0. The molecule has 9 heteroatoms. The Morgan fingerprint density at radius 1 is 1.00 bits per heavy atom. The summed E-state index contributed by atoms with van der Waals surface area (Å²) < 4.78 is 0. The molecule has 3 N–H and O–H groups in total. The molecule has 1 atom stereocenters. The first kappa shape index (κ1) is 32.0. The van der Waals surface area contributed by atoms with Gasteiger partial charge in [-0.25, -0.2) is 4.98 Å². The number of H-pyrrole nitrogens is 1. The minimum Gasteiger partial charge on any atom is -0.353 e. The first-order valence-corrected chi connectivity index (χ1v) is 16.9. The second kappa shape index (κ2) is 14.1. The predicted molar refractivity (Wildman–Crippen MR) is 171 cm³/mol. The molecular weight excluding hydrogens is 560 g/mol. The van der Waals surface area contributed by atoms with Crippen LogP contribution in [0.25, 0.3) is 0 Å². The van der Waals surface area contributed by atoms with E-state index in [1.807, 2.05) is 45.0 Å². The standard InChI is InChI=1S/C34H51ClN6O2/c1-33(2,3)32(43)39-28-15-13-27(14-16-28)38-29(21-24-9-11-26(35)12-10-24)31(42)41-19-17-34(18-20-41,22-30-36-23-37-40-30)25-7-5-4-6-8-25/h9-12,23,25,27-29,38H,4-8,13-22H2,1-3H3,(H,39,43)(H,36,37,40)/t27?,28?,29-/m1/s1. The molecule has 5 rings (SSSR count). The number of halogens is 1. The third kappa shape index (κ3) is 8.39. The largest absolute Gasteiger partial charge is 0.353 e. The molecule has 1 saturated heterocycles. The molecule has 236 valence electrons. The van der Waals surface area contributed by atoms with Crippen molar-refractivity contribution >= 4 is 23.4 Å². The van der Waals surface area contributed by atoms with Crippen molar-refractivity contribution in [3.05, 3.63) is 47.0 Å². The highest BCUT2D eigenvalue weighted by molar-refractivity contribution is 6.30. The van der Waals surface area contributed by atoms with Gasteiger partial charge < -0.3 is 15.5 Å². The lowest BCUT2D eigenvalue weighted by atomic mass is 9.62. The molecule has 2 aromatic rings. The van der Waals surface area contributed by atoms with E-state index in [-0.39, 0.29) is 40.8 Å². The zero-order valence-corrected chi connectivity index (χ0v) is 27.1. The number of benzene rings is 1. The molecule has 0 radical (unpaired) electrons. The summed E-state index contributed by atoms with van der Waals surface area (Å²) in [6, 6.07) is 8.04. The van der Waals surface area contributed by atoms with E-state index in [0.29, 0.717) is 17.4 Å². The molecule has 1 aromatic heterocycles. The van der Waals surface area contributed by atoms with E-state index >= 15 is 0 Å². The van der Waals surface area contributed by atoms with E-state index < -0.39 is 0 Å². The fraction of sp³-hybridized carbons (Fsp3) is 0.706. The fourth-order valence-corrected chi connectivity index (χ4v) is 7.76. The van der Waals surface area contributed by atoms with Crippen LogP contribution in [0.2, 0.25) is 5.02 Å². The molecule has 0 unspecified atom stereocenters. The van der Waals surface area contributed by atoms with Gasteiger partial charge in [0.2, 0.25) is 11.8 Å². The number of hydrogen-bond donors (Lipinski definition) is 3. The first-order valence-electron chi connectivity index (χ1n) is 16.6. The van der Waals surface area contributed by atoms with Crippen molar-refractivity contribution in [2.24, 2.45) is 16.7 Å². The van der Waals surface area contributed by atoms with Crippen LogP contribution in [0.1, 0.15) is 103 Å². The lowest BCUT2D eigenvalue weighted by Gasteiger charge is -2.48. The van der Waals surface area contributed by atoms with Crippen molar-refractivity contribution in [2.45, 2.75) is 122 Å². The number of aromatic nitrogens is 3. The van der Waals surface area contributed by atoms with Gasteiger partial charge in [0.05, 0.1) is 6.04 Å². The van der Waals surface area contributed by atoms with Crippen LogP contribution in [0.15, 0.2) is 30.6 Å². The van der Waals surface area contributed by atoms with Crippen LogP contribution in [0, 0.1) is 16.7 Å². The second-order valence-electron chi connectivity index (χ2n) is 14.4. The van der Waals surface area contributed by atoms with E-state index in [4.69, 9.17) is 11.6 Å². The maximum Gasteiger partial charge on any atom is 0.240 e. The Hall–Kier alpha value is -2.45. The van der Waals surface area contributed by atoms with E-state index in [9.17, 15) is 9.59 Å². The Morgan fingerprint density at radius 3 is 2.26 bits per heavy atom. The van der Waals surface area contributed by atoms with Crippen molar-refractivity contribution in [2.75, 3.05) is 13.1 Å². The third-order valence-electron chi connectivity index (χ3n) is 10.3.